The van der Waals surface area contributed by atoms with Gasteiger partial charge in [-0.25, -0.2) is 0 Å². The van der Waals surface area contributed by atoms with Crippen LogP contribution in [0.4, 0.5) is 22.7 Å². The third kappa shape index (κ3) is 10.5. The fraction of sp³-hybridized carbons (Fsp3) is 0.500. The molecule has 4 aromatic rings. The number of hydrogen-bond acceptors (Lipinski definition) is 7. The summed E-state index contributed by atoms with van der Waals surface area (Å²) in [6.07, 6.45) is 1.38. The lowest BCUT2D eigenvalue weighted by Crippen LogP contribution is -2.33. The van der Waals surface area contributed by atoms with Crippen molar-refractivity contribution in [2.45, 2.75) is 92.3 Å². The van der Waals surface area contributed by atoms with Crippen molar-refractivity contribution in [2.75, 3.05) is 87.2 Å². The molecular weight excluding hydrogens is 681 g/mol. The van der Waals surface area contributed by atoms with Crippen molar-refractivity contribution in [1.82, 2.24) is 0 Å². The van der Waals surface area contributed by atoms with Crippen LogP contribution in [0.2, 0.25) is 0 Å². The first-order valence-corrected chi connectivity index (χ1v) is 20.8. The lowest BCUT2D eigenvalue weighted by Gasteiger charge is -2.36. The zero-order valence-corrected chi connectivity index (χ0v) is 36.1. The molecule has 0 aliphatic carbocycles. The van der Waals surface area contributed by atoms with Gasteiger partial charge in [0.25, 0.3) is 0 Å². The van der Waals surface area contributed by atoms with Crippen LogP contribution in [0.1, 0.15) is 102 Å². The maximum atomic E-state index is 7.60. The molecule has 0 aliphatic rings. The molecule has 0 amide bonds. The van der Waals surface area contributed by atoms with Crippen LogP contribution in [0.5, 0.6) is 11.5 Å². The minimum atomic E-state index is -0.136. The van der Waals surface area contributed by atoms with E-state index in [9.17, 15) is 0 Å². The molecule has 0 aromatic heterocycles. The van der Waals surface area contributed by atoms with E-state index >= 15 is 0 Å². The number of ether oxygens (including phenoxy) is 3. The number of anilines is 4. The van der Waals surface area contributed by atoms with Crippen molar-refractivity contribution in [3.05, 3.63) is 107 Å². The van der Waals surface area contributed by atoms with Gasteiger partial charge in [0, 0.05) is 112 Å². The van der Waals surface area contributed by atoms with Crippen LogP contribution in [0.25, 0.3) is 0 Å². The Bertz CT molecular complexity index is 1590. The second-order valence-corrected chi connectivity index (χ2v) is 14.6. The van der Waals surface area contributed by atoms with E-state index in [0.29, 0.717) is 13.2 Å². The zero-order chi connectivity index (χ0) is 40.1. The van der Waals surface area contributed by atoms with Gasteiger partial charge in [-0.15, -0.1) is 0 Å². The van der Waals surface area contributed by atoms with E-state index in [2.05, 4.69) is 188 Å². The van der Waals surface area contributed by atoms with Gasteiger partial charge in [0.15, 0.2) is 0 Å². The van der Waals surface area contributed by atoms with E-state index < -0.39 is 0 Å². The summed E-state index contributed by atoms with van der Waals surface area (Å²) in [6, 6.07) is 31.5. The molecule has 0 aliphatic heterocycles. The van der Waals surface area contributed by atoms with Crippen LogP contribution in [0, 0.1) is 0 Å². The summed E-state index contributed by atoms with van der Waals surface area (Å²) in [5.41, 5.74) is 9.44. The lowest BCUT2D eigenvalue weighted by atomic mass is 9.82. The van der Waals surface area contributed by atoms with Crippen LogP contribution in [-0.4, -0.2) is 79.8 Å². The SMILES string of the molecule is CCOc1cc(N(CC)CC)ccc1C(c1ccc(N(C)C)cc1)C(CC)OC(CC)C(c1ccc(N(C)C)cc1)c1ccc(N(CC)CC)cc1OCC. The van der Waals surface area contributed by atoms with E-state index in [1.807, 2.05) is 0 Å². The van der Waals surface area contributed by atoms with Gasteiger partial charge < -0.3 is 33.8 Å². The molecule has 55 heavy (non-hydrogen) atoms. The Balaban J connectivity index is 1.92. The summed E-state index contributed by atoms with van der Waals surface area (Å²) in [7, 11) is 8.36. The molecule has 4 aromatic carbocycles. The monoisotopic (exact) mass is 751 g/mol. The second kappa shape index (κ2) is 21.1. The van der Waals surface area contributed by atoms with Crippen molar-refractivity contribution >= 4 is 22.7 Å². The standard InChI is InChI=1S/C48H70N4O3/c1-13-43(47(35-21-25-37(26-22-35)49(9)10)41-31-29-39(51(15-3)16-4)33-45(41)53-19-7)55-44(14-2)48(36-23-27-38(28-24-36)50(11)12)42-32-30-40(52(17-5)18-6)34-46(42)54-20-8/h21-34,43-44,47-48H,13-20H2,1-12H3. The predicted octanol–water partition coefficient (Wildman–Crippen LogP) is 10.8. The molecule has 0 radical (unpaired) electrons. The summed E-state index contributed by atoms with van der Waals surface area (Å²) in [6.45, 7) is 22.4. The minimum Gasteiger partial charge on any atom is -0.493 e. The molecule has 0 fully saturated rings. The summed E-state index contributed by atoms with van der Waals surface area (Å²) in [5.74, 6) is 1.72. The summed E-state index contributed by atoms with van der Waals surface area (Å²) in [5, 5.41) is 0. The van der Waals surface area contributed by atoms with Crippen molar-refractivity contribution < 1.29 is 14.2 Å². The van der Waals surface area contributed by atoms with E-state index in [1.165, 1.54) is 33.9 Å². The molecule has 0 bridgehead atoms. The fourth-order valence-electron chi connectivity index (χ4n) is 7.89. The molecule has 4 rings (SSSR count). The smallest absolute Gasteiger partial charge is 0.125 e. The highest BCUT2D eigenvalue weighted by molar-refractivity contribution is 5.59. The van der Waals surface area contributed by atoms with Gasteiger partial charge in [0.05, 0.1) is 25.4 Å². The Kier molecular flexibility index (Phi) is 16.6. The molecule has 300 valence electrons. The van der Waals surface area contributed by atoms with Crippen molar-refractivity contribution in [3.8, 4) is 11.5 Å². The van der Waals surface area contributed by atoms with Gasteiger partial charge >= 0.3 is 0 Å². The lowest BCUT2D eigenvalue weighted by molar-refractivity contribution is -0.0320. The highest BCUT2D eigenvalue weighted by Crippen LogP contribution is 2.44. The molecule has 4 unspecified atom stereocenters. The van der Waals surface area contributed by atoms with Gasteiger partial charge in [-0.2, -0.15) is 0 Å². The van der Waals surface area contributed by atoms with Crippen LogP contribution in [0.3, 0.4) is 0 Å². The van der Waals surface area contributed by atoms with Crippen LogP contribution < -0.4 is 29.1 Å². The summed E-state index contributed by atoms with van der Waals surface area (Å²) < 4.78 is 20.6. The van der Waals surface area contributed by atoms with Gasteiger partial charge in [0.1, 0.15) is 11.5 Å². The molecule has 0 saturated heterocycles. The van der Waals surface area contributed by atoms with Crippen molar-refractivity contribution in [2.24, 2.45) is 0 Å². The third-order valence-corrected chi connectivity index (χ3v) is 11.0. The molecule has 4 atom stereocenters. The van der Waals surface area contributed by atoms with Crippen molar-refractivity contribution in [1.29, 1.82) is 0 Å². The molecule has 7 heteroatoms. The van der Waals surface area contributed by atoms with Crippen LogP contribution >= 0.6 is 0 Å². The largest absolute Gasteiger partial charge is 0.493 e. The molecule has 0 N–H and O–H groups in total. The second-order valence-electron chi connectivity index (χ2n) is 14.6. The maximum Gasteiger partial charge on any atom is 0.125 e. The van der Waals surface area contributed by atoms with E-state index in [4.69, 9.17) is 14.2 Å². The van der Waals surface area contributed by atoms with Gasteiger partial charge in [-0.1, -0.05) is 50.2 Å². The third-order valence-electron chi connectivity index (χ3n) is 11.0. The molecular formula is C48H70N4O3. The minimum absolute atomic E-state index is 0.0595. The van der Waals surface area contributed by atoms with E-state index in [-0.39, 0.29) is 24.0 Å². The van der Waals surface area contributed by atoms with E-state index in [0.717, 1.165) is 61.6 Å². The summed E-state index contributed by atoms with van der Waals surface area (Å²) >= 11 is 0. The van der Waals surface area contributed by atoms with Gasteiger partial charge in [0.2, 0.25) is 0 Å². The Hall–Kier alpha value is -4.36. The fourth-order valence-corrected chi connectivity index (χ4v) is 7.89. The number of benzene rings is 4. The average Bonchev–Trinajstić information content (AvgIpc) is 3.20. The van der Waals surface area contributed by atoms with Gasteiger partial charge in [-0.3, -0.25) is 0 Å². The first-order chi connectivity index (χ1) is 26.6. The number of nitrogens with zero attached hydrogens (tertiary/aromatic N) is 4. The molecule has 0 saturated carbocycles. The van der Waals surface area contributed by atoms with Crippen molar-refractivity contribution in [3.63, 3.8) is 0 Å². The van der Waals surface area contributed by atoms with Crippen LogP contribution in [-0.2, 0) is 4.74 Å². The number of hydrogen-bond donors (Lipinski definition) is 0. The Labute approximate surface area is 334 Å². The summed E-state index contributed by atoms with van der Waals surface area (Å²) in [4.78, 5) is 9.05. The number of rotatable bonds is 22. The molecule has 0 spiro atoms. The Morgan fingerprint density at radius 3 is 1.04 bits per heavy atom. The maximum absolute atomic E-state index is 7.60. The highest BCUT2D eigenvalue weighted by Gasteiger charge is 2.35. The normalized spacial score (nSPS) is 13.5. The predicted molar refractivity (Wildman–Crippen MR) is 237 cm³/mol. The average molecular weight is 751 g/mol. The van der Waals surface area contributed by atoms with Crippen LogP contribution in [0.15, 0.2) is 84.9 Å². The van der Waals surface area contributed by atoms with E-state index in [1.54, 1.807) is 0 Å². The molecule has 7 nitrogen and oxygen atoms in total. The molecule has 0 heterocycles. The highest BCUT2D eigenvalue weighted by atomic mass is 16.5. The quantitative estimate of drug-likeness (QED) is 0.0792. The Morgan fingerprint density at radius 1 is 0.436 bits per heavy atom. The first-order valence-electron chi connectivity index (χ1n) is 20.8. The first kappa shape index (κ1) is 43.4. The zero-order valence-electron chi connectivity index (χ0n) is 36.1. The topological polar surface area (TPSA) is 40.7 Å². The van der Waals surface area contributed by atoms with Gasteiger partial charge in [-0.05, 0) is 102 Å². The Morgan fingerprint density at radius 2 is 0.764 bits per heavy atom.